The average Bonchev–Trinajstić information content (AvgIpc) is 3.40. The van der Waals surface area contributed by atoms with E-state index >= 15 is 4.21 Å². The molecule has 2 amide bonds. The van der Waals surface area contributed by atoms with Crippen LogP contribution in [0.1, 0.15) is 66.7 Å². The van der Waals surface area contributed by atoms with Crippen molar-refractivity contribution >= 4 is 39.0 Å². The fraction of sp³-hybridized carbons (Fsp3) is 0.486. The van der Waals surface area contributed by atoms with Crippen LogP contribution in [0.15, 0.2) is 64.0 Å². The van der Waals surface area contributed by atoms with Crippen molar-refractivity contribution in [2.24, 2.45) is 23.2 Å². The number of nitrogens with one attached hydrogen (secondary N) is 1. The second-order valence-corrected chi connectivity index (χ2v) is 16.2. The van der Waals surface area contributed by atoms with Crippen molar-refractivity contribution in [3.05, 3.63) is 82.2 Å². The summed E-state index contributed by atoms with van der Waals surface area (Å²) < 4.78 is 41.9. The second-order valence-electron chi connectivity index (χ2n) is 13.8. The topological polar surface area (TPSA) is 124 Å². The zero-order valence-electron chi connectivity index (χ0n) is 29.3. The van der Waals surface area contributed by atoms with E-state index in [2.05, 4.69) is 19.1 Å². The Morgan fingerprint density at radius 1 is 1.14 bits per heavy atom. The van der Waals surface area contributed by atoms with Crippen molar-refractivity contribution < 1.29 is 28.0 Å². The van der Waals surface area contributed by atoms with Gasteiger partial charge in [0.05, 0.1) is 35.1 Å². The molecule has 1 N–H and O–H groups in total. The Morgan fingerprint density at radius 3 is 2.68 bits per heavy atom. The molecule has 0 radical (unpaired) electrons. The molecule has 0 spiro atoms. The molecular formula is C37H46ClN5O6S. The van der Waals surface area contributed by atoms with Crippen LogP contribution in [0, 0.1) is 18.8 Å². The first kappa shape index (κ1) is 36.1. The lowest BCUT2D eigenvalue weighted by Crippen LogP contribution is -2.44. The summed E-state index contributed by atoms with van der Waals surface area (Å²) in [6, 6.07) is 11.0. The quantitative estimate of drug-likeness (QED) is 0.317. The summed E-state index contributed by atoms with van der Waals surface area (Å²) in [7, 11) is -0.454. The molecule has 1 fully saturated rings. The Bertz CT molecular complexity index is 1920. The number of methoxy groups -OCH3 is 1. The van der Waals surface area contributed by atoms with E-state index in [1.54, 1.807) is 57.8 Å². The molecule has 1 unspecified atom stereocenters. The van der Waals surface area contributed by atoms with Crippen LogP contribution in [0.3, 0.4) is 0 Å². The predicted molar refractivity (Wildman–Crippen MR) is 193 cm³/mol. The Morgan fingerprint density at radius 2 is 1.96 bits per heavy atom. The number of amides is 2. The number of rotatable bonds is 3. The summed E-state index contributed by atoms with van der Waals surface area (Å²) in [5.41, 5.74) is 2.29. The van der Waals surface area contributed by atoms with Crippen molar-refractivity contribution in [2.75, 3.05) is 31.7 Å². The largest absolute Gasteiger partial charge is 0.487 e. The Balaban J connectivity index is 1.49. The summed E-state index contributed by atoms with van der Waals surface area (Å²) in [4.78, 5) is 29.9. The van der Waals surface area contributed by atoms with Crippen molar-refractivity contribution in [2.45, 2.75) is 76.1 Å². The van der Waals surface area contributed by atoms with Gasteiger partial charge in [0.2, 0.25) is 0 Å². The third-order valence-corrected chi connectivity index (χ3v) is 12.2. The van der Waals surface area contributed by atoms with E-state index in [1.807, 2.05) is 30.4 Å². The van der Waals surface area contributed by atoms with Gasteiger partial charge in [-0.3, -0.25) is 19.0 Å². The van der Waals surface area contributed by atoms with E-state index in [0.29, 0.717) is 35.5 Å². The maximum atomic E-state index is 15.1. The molecular weight excluding hydrogens is 678 g/mol. The number of carbonyl (C=O) groups is 2. The van der Waals surface area contributed by atoms with Gasteiger partial charge in [-0.15, -0.1) is 4.36 Å². The number of nitrogens with zero attached hydrogens (tertiary/aromatic N) is 4. The summed E-state index contributed by atoms with van der Waals surface area (Å²) in [5, 5.41) is 4.86. The van der Waals surface area contributed by atoms with Gasteiger partial charge in [-0.1, -0.05) is 29.8 Å². The molecule has 1 aliphatic carbocycles. The number of halogens is 1. The number of hydrogen-bond acceptors (Lipinski definition) is 8. The average molecular weight is 724 g/mol. The number of ether oxygens (including phenoxy) is 3. The lowest BCUT2D eigenvalue weighted by molar-refractivity contribution is -0.137. The first-order valence-corrected chi connectivity index (χ1v) is 19.0. The van der Waals surface area contributed by atoms with Crippen LogP contribution in [-0.4, -0.2) is 64.3 Å². The highest BCUT2D eigenvalue weighted by molar-refractivity contribution is 7.92. The molecule has 0 saturated heterocycles. The van der Waals surface area contributed by atoms with Crippen molar-refractivity contribution in [1.29, 1.82) is 0 Å². The van der Waals surface area contributed by atoms with Gasteiger partial charge in [0.1, 0.15) is 18.0 Å². The second kappa shape index (κ2) is 14.9. The van der Waals surface area contributed by atoms with Crippen LogP contribution in [0.5, 0.6) is 5.75 Å². The fourth-order valence-electron chi connectivity index (χ4n) is 6.79. The van der Waals surface area contributed by atoms with Crippen molar-refractivity contribution in [3.63, 3.8) is 0 Å². The smallest absolute Gasteiger partial charge is 0.287 e. The molecule has 1 aromatic heterocycles. The molecule has 3 aliphatic rings. The van der Waals surface area contributed by atoms with Crippen LogP contribution in [-0.2, 0) is 44.3 Å². The van der Waals surface area contributed by atoms with Gasteiger partial charge in [-0.2, -0.15) is 5.10 Å². The SMILES string of the molecule is CO[C@H]1/C=C/COC(C)(C)C(=O)N=S(=O)(NC(=O)c2cnn(C)c2C)c2ccc3c(c2)N(CCCCc2cc(Cl)ccc2CO3)C[C@@H]2CC[C@H]21. The minimum atomic E-state index is -3.89. The molecule has 11 nitrogen and oxygen atoms in total. The van der Waals surface area contributed by atoms with Gasteiger partial charge in [0.15, 0.2) is 9.92 Å². The number of anilines is 1. The Hall–Kier alpha value is -3.71. The molecule has 1 saturated carbocycles. The Kier molecular flexibility index (Phi) is 10.7. The van der Waals surface area contributed by atoms with Gasteiger partial charge >= 0.3 is 0 Å². The minimum absolute atomic E-state index is 0.108. The fourth-order valence-corrected chi connectivity index (χ4v) is 8.60. The van der Waals surface area contributed by atoms with E-state index in [4.69, 9.17) is 25.8 Å². The van der Waals surface area contributed by atoms with E-state index in [1.165, 1.54) is 6.20 Å². The summed E-state index contributed by atoms with van der Waals surface area (Å²) in [6.45, 7) is 6.78. The number of aromatic nitrogens is 2. The Labute approximate surface area is 299 Å². The maximum absolute atomic E-state index is 15.1. The number of carbonyl (C=O) groups excluding carboxylic acids is 2. The predicted octanol–water partition coefficient (Wildman–Crippen LogP) is 6.21. The molecule has 6 rings (SSSR count). The highest BCUT2D eigenvalue weighted by Gasteiger charge is 2.38. The maximum Gasteiger partial charge on any atom is 0.287 e. The molecule has 268 valence electrons. The zero-order chi connectivity index (χ0) is 35.6. The number of hydrogen-bond donors (Lipinski definition) is 1. The van der Waals surface area contributed by atoms with Gasteiger partial charge in [-0.25, -0.2) is 4.21 Å². The third kappa shape index (κ3) is 7.63. The monoisotopic (exact) mass is 723 g/mol. The van der Waals surface area contributed by atoms with Crippen LogP contribution < -0.4 is 14.4 Å². The number of fused-ring (bicyclic) bond motifs is 3. The molecule has 3 heterocycles. The van der Waals surface area contributed by atoms with E-state index < -0.39 is 27.3 Å². The van der Waals surface area contributed by atoms with Gasteiger partial charge in [-0.05, 0) is 106 Å². The molecule has 4 atom stereocenters. The summed E-state index contributed by atoms with van der Waals surface area (Å²) in [6.07, 6.45) is 9.92. The normalized spacial score (nSPS) is 26.2. The van der Waals surface area contributed by atoms with E-state index in [9.17, 15) is 9.59 Å². The van der Waals surface area contributed by atoms with Crippen molar-refractivity contribution in [1.82, 2.24) is 14.5 Å². The lowest BCUT2D eigenvalue weighted by Gasteiger charge is -2.43. The number of aryl methyl sites for hydroxylation is 2. The molecule has 13 heteroatoms. The van der Waals surface area contributed by atoms with E-state index in [0.717, 1.165) is 55.5 Å². The third-order valence-electron chi connectivity index (χ3n) is 10.2. The highest BCUT2D eigenvalue weighted by atomic mass is 35.5. The molecule has 2 aliphatic heterocycles. The first-order chi connectivity index (χ1) is 23.9. The van der Waals surface area contributed by atoms with Crippen LogP contribution in [0.2, 0.25) is 5.02 Å². The van der Waals surface area contributed by atoms with Crippen molar-refractivity contribution in [3.8, 4) is 5.75 Å². The molecule has 2 bridgehead atoms. The summed E-state index contributed by atoms with van der Waals surface area (Å²) in [5.74, 6) is -0.207. The zero-order valence-corrected chi connectivity index (χ0v) is 30.9. The van der Waals surface area contributed by atoms with Crippen LogP contribution in [0.4, 0.5) is 5.69 Å². The highest BCUT2D eigenvalue weighted by Crippen LogP contribution is 2.42. The molecule has 2 aromatic carbocycles. The van der Waals surface area contributed by atoms with Gasteiger partial charge in [0.25, 0.3) is 11.8 Å². The van der Waals surface area contributed by atoms with Gasteiger partial charge in [0, 0.05) is 38.0 Å². The van der Waals surface area contributed by atoms with Crippen LogP contribution >= 0.6 is 11.6 Å². The van der Waals surface area contributed by atoms with Crippen LogP contribution in [0.25, 0.3) is 0 Å². The van der Waals surface area contributed by atoms with E-state index in [-0.39, 0.29) is 29.1 Å². The minimum Gasteiger partial charge on any atom is -0.487 e. The first-order valence-electron chi connectivity index (χ1n) is 17.1. The lowest BCUT2D eigenvalue weighted by atomic mass is 9.70. The molecule has 50 heavy (non-hydrogen) atoms. The number of benzene rings is 2. The summed E-state index contributed by atoms with van der Waals surface area (Å²) >= 11 is 6.38. The standard InChI is InChI=1S/C37H46ClN5O6S/c1-24-31(21-39-42(24)4)35(44)40-50(46)29-14-16-34-32(20-29)43(17-7-6-9-25-19-28(38)13-11-27(25)23-48-34)22-26-12-15-30(26)33(47-5)10-8-18-49-37(2,3)36(45)41-50/h8,10-11,13-14,16,19-21,26,30,33H,6-7,9,12,15,17-18,22-23H2,1-5H3,(H,40,41,44,45,46)/b10-8+/t26-,30+,33-,50?/m0/s1. The van der Waals surface area contributed by atoms with Gasteiger partial charge < -0.3 is 19.1 Å². The molecule has 3 aromatic rings.